The summed E-state index contributed by atoms with van der Waals surface area (Å²) in [7, 11) is 1.77. The summed E-state index contributed by atoms with van der Waals surface area (Å²) in [5.74, 6) is -0.437. The summed E-state index contributed by atoms with van der Waals surface area (Å²) in [6, 6.07) is 0. The maximum atomic E-state index is 10.4. The van der Waals surface area contributed by atoms with Crippen LogP contribution in [0.5, 0.6) is 0 Å². The van der Waals surface area contributed by atoms with Gasteiger partial charge in [-0.05, 0) is 7.05 Å². The predicted molar refractivity (Wildman–Crippen MR) is 49.3 cm³/mol. The summed E-state index contributed by atoms with van der Waals surface area (Å²) < 4.78 is 5.09. The summed E-state index contributed by atoms with van der Waals surface area (Å²) in [5.41, 5.74) is 10.8. The Kier molecular flexibility index (Phi) is 6.66. The average molecular weight is 188 g/mol. The Morgan fingerprint density at radius 2 is 2.31 bits per heavy atom. The van der Waals surface area contributed by atoms with Crippen LogP contribution in [-0.4, -0.2) is 32.8 Å². The highest BCUT2D eigenvalue weighted by molar-refractivity contribution is 5.76. The number of carbonyl (C=O) groups is 1. The van der Waals surface area contributed by atoms with Gasteiger partial charge in [0.25, 0.3) is 0 Å². The van der Waals surface area contributed by atoms with Gasteiger partial charge in [-0.25, -0.2) is 0 Å². The molecule has 0 rings (SSSR count). The van der Waals surface area contributed by atoms with Crippen LogP contribution >= 0.6 is 0 Å². The molecule has 0 aliphatic carbocycles. The Morgan fingerprint density at radius 3 is 2.77 bits per heavy atom. The molecule has 0 spiro atoms. The van der Waals surface area contributed by atoms with E-state index in [2.05, 4.69) is 10.6 Å². The fourth-order valence-electron chi connectivity index (χ4n) is 0.622. The fourth-order valence-corrected chi connectivity index (χ4v) is 0.622. The van der Waals surface area contributed by atoms with E-state index in [1.165, 1.54) is 6.20 Å². The summed E-state index contributed by atoms with van der Waals surface area (Å²) in [5, 5.41) is 5.54. The van der Waals surface area contributed by atoms with Crippen molar-refractivity contribution in [2.24, 2.45) is 11.5 Å². The van der Waals surface area contributed by atoms with Crippen molar-refractivity contribution in [2.75, 3.05) is 26.9 Å². The third kappa shape index (κ3) is 7.10. The number of nitrogens with two attached hydrogens (primary N) is 2. The van der Waals surface area contributed by atoms with Crippen molar-refractivity contribution in [2.45, 2.75) is 0 Å². The van der Waals surface area contributed by atoms with E-state index >= 15 is 0 Å². The summed E-state index contributed by atoms with van der Waals surface area (Å²) >= 11 is 0. The smallest absolute Gasteiger partial charge is 0.236 e. The van der Waals surface area contributed by atoms with Crippen LogP contribution in [0.15, 0.2) is 11.9 Å². The Balaban J connectivity index is 3.59. The number of carbonyl (C=O) groups excluding carboxylic acids is 1. The van der Waals surface area contributed by atoms with E-state index < -0.39 is 5.91 Å². The number of amides is 1. The zero-order valence-electron chi connectivity index (χ0n) is 7.67. The van der Waals surface area contributed by atoms with E-state index in [4.69, 9.17) is 16.2 Å². The molecule has 0 aliphatic heterocycles. The molecule has 0 fully saturated rings. The second-order valence-corrected chi connectivity index (χ2v) is 2.36. The van der Waals surface area contributed by atoms with E-state index in [1.807, 2.05) is 0 Å². The Morgan fingerprint density at radius 1 is 1.62 bits per heavy atom. The first-order chi connectivity index (χ1) is 6.20. The van der Waals surface area contributed by atoms with Crippen LogP contribution in [-0.2, 0) is 9.53 Å². The minimum absolute atomic E-state index is 0.0615. The van der Waals surface area contributed by atoms with Crippen LogP contribution in [0.2, 0.25) is 0 Å². The zero-order chi connectivity index (χ0) is 10.1. The first-order valence-corrected chi connectivity index (χ1v) is 3.86. The van der Waals surface area contributed by atoms with Gasteiger partial charge in [0.2, 0.25) is 5.91 Å². The van der Waals surface area contributed by atoms with Crippen LogP contribution in [0, 0.1) is 0 Å². The van der Waals surface area contributed by atoms with Crippen LogP contribution in [0.4, 0.5) is 0 Å². The highest BCUT2D eigenvalue weighted by Gasteiger charge is 1.97. The standard InChI is InChI=1S/C7H16N4O2/c1-10-5-13-4-6(2-8)11-3-7(9)12/h2,10-11H,3-5,8H2,1H3,(H2,9,12)/b6-2-. The maximum Gasteiger partial charge on any atom is 0.236 e. The SMILES string of the molecule is CNCOC/C(=C/N)NCC(N)=O. The Labute approximate surface area is 77.3 Å². The van der Waals surface area contributed by atoms with Gasteiger partial charge in [0.05, 0.1) is 25.6 Å². The predicted octanol–water partition coefficient (Wildman–Crippen LogP) is -1.95. The zero-order valence-corrected chi connectivity index (χ0v) is 7.67. The molecule has 0 saturated heterocycles. The number of ether oxygens (including phenoxy) is 1. The number of rotatable bonds is 7. The molecule has 0 aliphatic rings. The van der Waals surface area contributed by atoms with E-state index in [0.29, 0.717) is 19.0 Å². The van der Waals surface area contributed by atoms with Crippen molar-refractivity contribution in [1.29, 1.82) is 0 Å². The Bertz CT molecular complexity index is 181. The highest BCUT2D eigenvalue weighted by Crippen LogP contribution is 1.86. The molecule has 0 aromatic carbocycles. The van der Waals surface area contributed by atoms with E-state index in [-0.39, 0.29) is 6.54 Å². The molecule has 0 aromatic rings. The van der Waals surface area contributed by atoms with Crippen LogP contribution in [0.25, 0.3) is 0 Å². The Hall–Kier alpha value is -1.27. The molecule has 76 valence electrons. The van der Waals surface area contributed by atoms with Crippen LogP contribution < -0.4 is 22.1 Å². The van der Waals surface area contributed by atoms with Gasteiger partial charge in [-0.1, -0.05) is 0 Å². The topological polar surface area (TPSA) is 102 Å². The third-order valence-corrected chi connectivity index (χ3v) is 1.19. The first kappa shape index (κ1) is 11.7. The van der Waals surface area contributed by atoms with Crippen molar-refractivity contribution >= 4 is 5.91 Å². The largest absolute Gasteiger partial charge is 0.403 e. The normalized spacial score (nSPS) is 11.3. The number of hydrogen-bond donors (Lipinski definition) is 4. The first-order valence-electron chi connectivity index (χ1n) is 3.86. The van der Waals surface area contributed by atoms with Gasteiger partial charge in [0, 0.05) is 6.20 Å². The molecule has 0 saturated carbocycles. The molecular formula is C7H16N4O2. The van der Waals surface area contributed by atoms with Gasteiger partial charge in [-0.15, -0.1) is 0 Å². The third-order valence-electron chi connectivity index (χ3n) is 1.19. The van der Waals surface area contributed by atoms with Gasteiger partial charge >= 0.3 is 0 Å². The van der Waals surface area contributed by atoms with Crippen LogP contribution in [0.3, 0.4) is 0 Å². The lowest BCUT2D eigenvalue weighted by atomic mass is 10.4. The second-order valence-electron chi connectivity index (χ2n) is 2.36. The minimum Gasteiger partial charge on any atom is -0.403 e. The monoisotopic (exact) mass is 188 g/mol. The molecule has 1 amide bonds. The lowest BCUT2D eigenvalue weighted by Gasteiger charge is -2.08. The van der Waals surface area contributed by atoms with Crippen molar-refractivity contribution in [1.82, 2.24) is 10.6 Å². The van der Waals surface area contributed by atoms with Gasteiger partial charge in [-0.3, -0.25) is 10.1 Å². The molecule has 0 bridgehead atoms. The summed E-state index contributed by atoms with van der Waals surface area (Å²) in [4.78, 5) is 10.4. The number of primary amides is 1. The van der Waals surface area contributed by atoms with Crippen molar-refractivity contribution < 1.29 is 9.53 Å². The second kappa shape index (κ2) is 7.38. The number of hydrogen-bond acceptors (Lipinski definition) is 5. The molecular weight excluding hydrogens is 172 g/mol. The van der Waals surface area contributed by atoms with Crippen molar-refractivity contribution in [3.8, 4) is 0 Å². The van der Waals surface area contributed by atoms with Crippen molar-refractivity contribution in [3.63, 3.8) is 0 Å². The molecule has 0 unspecified atom stereocenters. The molecule has 0 heterocycles. The van der Waals surface area contributed by atoms with Crippen molar-refractivity contribution in [3.05, 3.63) is 11.9 Å². The van der Waals surface area contributed by atoms with E-state index in [1.54, 1.807) is 7.05 Å². The molecule has 6 nitrogen and oxygen atoms in total. The van der Waals surface area contributed by atoms with Gasteiger partial charge in [-0.2, -0.15) is 0 Å². The van der Waals surface area contributed by atoms with E-state index in [0.717, 1.165) is 0 Å². The molecule has 0 aromatic heterocycles. The van der Waals surface area contributed by atoms with Crippen LogP contribution in [0.1, 0.15) is 0 Å². The molecule has 0 radical (unpaired) electrons. The fraction of sp³-hybridized carbons (Fsp3) is 0.571. The highest BCUT2D eigenvalue weighted by atomic mass is 16.5. The average Bonchev–Trinajstić information content (AvgIpc) is 2.10. The van der Waals surface area contributed by atoms with Gasteiger partial charge in [0.1, 0.15) is 0 Å². The quantitative estimate of drug-likeness (QED) is 0.275. The summed E-state index contributed by atoms with van der Waals surface area (Å²) in [6.45, 7) is 0.812. The minimum atomic E-state index is -0.437. The van der Waals surface area contributed by atoms with Gasteiger partial charge in [0.15, 0.2) is 0 Å². The molecule has 6 heteroatoms. The molecule has 0 atom stereocenters. The lowest BCUT2D eigenvalue weighted by molar-refractivity contribution is -0.117. The summed E-state index contributed by atoms with van der Waals surface area (Å²) in [6.07, 6.45) is 1.35. The lowest BCUT2D eigenvalue weighted by Crippen LogP contribution is -2.30. The number of nitrogens with one attached hydrogen (secondary N) is 2. The van der Waals surface area contributed by atoms with E-state index in [9.17, 15) is 4.79 Å². The van der Waals surface area contributed by atoms with Gasteiger partial charge < -0.3 is 21.5 Å². The molecule has 13 heavy (non-hydrogen) atoms. The molecule has 6 N–H and O–H groups in total. The maximum absolute atomic E-state index is 10.4.